The van der Waals surface area contributed by atoms with Crippen molar-refractivity contribution in [1.82, 2.24) is 10.2 Å². The third kappa shape index (κ3) is 1.25. The highest BCUT2D eigenvalue weighted by Crippen LogP contribution is 2.27. The van der Waals surface area contributed by atoms with Crippen LogP contribution in [-0.4, -0.2) is 24.4 Å². The number of halogens is 1. The first-order valence-electron chi connectivity index (χ1n) is 3.95. The summed E-state index contributed by atoms with van der Waals surface area (Å²) in [6.07, 6.45) is 6.24. The van der Waals surface area contributed by atoms with Gasteiger partial charge in [-0.2, -0.15) is 0 Å². The largest absolute Gasteiger partial charge is 0.367 e. The molecule has 0 spiro atoms. The van der Waals surface area contributed by atoms with E-state index in [1.54, 1.807) is 6.20 Å². The van der Waals surface area contributed by atoms with Gasteiger partial charge < -0.3 is 10.2 Å². The molecular formula is C9H9ClN2O. The zero-order valence-corrected chi connectivity index (χ0v) is 7.88. The number of aldehydes is 1. The van der Waals surface area contributed by atoms with E-state index in [1.165, 1.54) is 0 Å². The van der Waals surface area contributed by atoms with E-state index in [-0.39, 0.29) is 6.17 Å². The first-order chi connectivity index (χ1) is 6.22. The molecule has 0 aliphatic carbocycles. The number of allylic oxidation sites excluding steroid dienone is 2. The van der Waals surface area contributed by atoms with Gasteiger partial charge in [0.25, 0.3) is 0 Å². The van der Waals surface area contributed by atoms with Gasteiger partial charge in [0.2, 0.25) is 0 Å². The molecule has 2 aliphatic heterocycles. The van der Waals surface area contributed by atoms with E-state index < -0.39 is 0 Å². The molecule has 0 amide bonds. The van der Waals surface area contributed by atoms with Crippen molar-refractivity contribution in [3.05, 3.63) is 34.7 Å². The SMILES string of the molecule is CN1C=C(Cl)C=C2C(C=O)=CNC21. The minimum Gasteiger partial charge on any atom is -0.367 e. The number of hydrogen-bond acceptors (Lipinski definition) is 3. The zero-order chi connectivity index (χ0) is 9.42. The normalized spacial score (nSPS) is 25.5. The fourth-order valence-corrected chi connectivity index (χ4v) is 1.83. The van der Waals surface area contributed by atoms with Crippen LogP contribution in [0, 0.1) is 0 Å². The van der Waals surface area contributed by atoms with Crippen molar-refractivity contribution in [2.45, 2.75) is 6.17 Å². The summed E-state index contributed by atoms with van der Waals surface area (Å²) in [5.41, 5.74) is 1.60. The van der Waals surface area contributed by atoms with Gasteiger partial charge in [0.05, 0.1) is 5.03 Å². The lowest BCUT2D eigenvalue weighted by molar-refractivity contribution is -0.104. The molecule has 2 aliphatic rings. The van der Waals surface area contributed by atoms with Crippen LogP contribution in [0.25, 0.3) is 0 Å². The number of hydrogen-bond donors (Lipinski definition) is 1. The first-order valence-corrected chi connectivity index (χ1v) is 4.33. The summed E-state index contributed by atoms with van der Waals surface area (Å²) in [4.78, 5) is 12.6. The topological polar surface area (TPSA) is 32.3 Å². The van der Waals surface area contributed by atoms with E-state index in [2.05, 4.69) is 5.32 Å². The predicted octanol–water partition coefficient (Wildman–Crippen LogP) is 0.950. The summed E-state index contributed by atoms with van der Waals surface area (Å²) in [5.74, 6) is 0. The molecule has 0 aromatic rings. The van der Waals surface area contributed by atoms with Gasteiger partial charge in [-0.25, -0.2) is 0 Å². The van der Waals surface area contributed by atoms with Gasteiger partial charge in [0.1, 0.15) is 6.17 Å². The third-order valence-electron chi connectivity index (χ3n) is 2.18. The van der Waals surface area contributed by atoms with Gasteiger partial charge in [-0.05, 0) is 6.08 Å². The molecule has 2 heterocycles. The fraction of sp³-hybridized carbons (Fsp3) is 0.222. The van der Waals surface area contributed by atoms with Gasteiger partial charge in [0, 0.05) is 30.6 Å². The molecule has 1 atom stereocenters. The third-order valence-corrected chi connectivity index (χ3v) is 2.39. The first kappa shape index (κ1) is 8.38. The lowest BCUT2D eigenvalue weighted by Gasteiger charge is -2.28. The fourth-order valence-electron chi connectivity index (χ4n) is 1.56. The van der Waals surface area contributed by atoms with E-state index in [4.69, 9.17) is 11.6 Å². The Balaban J connectivity index is 2.39. The Hall–Kier alpha value is -1.22. The Kier molecular flexibility index (Phi) is 1.88. The molecule has 68 valence electrons. The maximum Gasteiger partial charge on any atom is 0.151 e. The molecular weight excluding hydrogens is 188 g/mol. The molecule has 13 heavy (non-hydrogen) atoms. The van der Waals surface area contributed by atoms with Crippen LogP contribution in [-0.2, 0) is 4.79 Å². The van der Waals surface area contributed by atoms with E-state index >= 15 is 0 Å². The maximum atomic E-state index is 10.6. The highest BCUT2D eigenvalue weighted by molar-refractivity contribution is 6.31. The Bertz CT molecular complexity index is 344. The number of rotatable bonds is 1. The molecule has 0 bridgehead atoms. The second-order valence-corrected chi connectivity index (χ2v) is 3.50. The van der Waals surface area contributed by atoms with Gasteiger partial charge in [-0.3, -0.25) is 4.79 Å². The Labute approximate surface area is 81.4 Å². The van der Waals surface area contributed by atoms with Crippen LogP contribution in [0.3, 0.4) is 0 Å². The van der Waals surface area contributed by atoms with Gasteiger partial charge >= 0.3 is 0 Å². The average molecular weight is 197 g/mol. The highest BCUT2D eigenvalue weighted by atomic mass is 35.5. The molecule has 3 nitrogen and oxygen atoms in total. The molecule has 0 saturated heterocycles. The molecule has 0 saturated carbocycles. The van der Waals surface area contributed by atoms with E-state index in [0.717, 1.165) is 11.9 Å². The van der Waals surface area contributed by atoms with Crippen LogP contribution in [0.1, 0.15) is 0 Å². The van der Waals surface area contributed by atoms with Crippen molar-refractivity contribution in [1.29, 1.82) is 0 Å². The molecule has 0 radical (unpaired) electrons. The van der Waals surface area contributed by atoms with Crippen molar-refractivity contribution in [3.8, 4) is 0 Å². The number of carbonyl (C=O) groups is 1. The summed E-state index contributed by atoms with van der Waals surface area (Å²) < 4.78 is 0. The van der Waals surface area contributed by atoms with Crippen molar-refractivity contribution in [2.75, 3.05) is 7.05 Å². The van der Waals surface area contributed by atoms with Crippen LogP contribution in [0.15, 0.2) is 34.7 Å². The van der Waals surface area contributed by atoms with Crippen LogP contribution >= 0.6 is 11.6 Å². The van der Waals surface area contributed by atoms with Crippen molar-refractivity contribution in [2.24, 2.45) is 0 Å². The van der Waals surface area contributed by atoms with Crippen LogP contribution in [0.5, 0.6) is 0 Å². The Morgan fingerprint density at radius 2 is 2.46 bits per heavy atom. The predicted molar refractivity (Wildman–Crippen MR) is 50.9 cm³/mol. The standard InChI is InChI=1S/C9H9ClN2O/c1-12-4-7(10)2-8-6(5-13)3-11-9(8)12/h2-5,9,11H,1H3. The monoisotopic (exact) mass is 196 g/mol. The quantitative estimate of drug-likeness (QED) is 0.634. The van der Waals surface area contributed by atoms with E-state index in [0.29, 0.717) is 10.6 Å². The van der Waals surface area contributed by atoms with Crippen LogP contribution in [0.4, 0.5) is 0 Å². The second-order valence-electron chi connectivity index (χ2n) is 3.07. The van der Waals surface area contributed by atoms with Gasteiger partial charge in [0.15, 0.2) is 6.29 Å². The molecule has 1 unspecified atom stereocenters. The van der Waals surface area contributed by atoms with Crippen LogP contribution < -0.4 is 5.32 Å². The lowest BCUT2D eigenvalue weighted by atomic mass is 10.1. The Morgan fingerprint density at radius 1 is 1.69 bits per heavy atom. The summed E-state index contributed by atoms with van der Waals surface area (Å²) in [5, 5.41) is 3.73. The van der Waals surface area contributed by atoms with E-state index in [1.807, 2.05) is 24.2 Å². The van der Waals surface area contributed by atoms with E-state index in [9.17, 15) is 4.79 Å². The number of likely N-dealkylation sites (N-methyl/N-ethyl adjacent to an activating group) is 1. The second kappa shape index (κ2) is 2.92. The number of nitrogens with zero attached hydrogens (tertiary/aromatic N) is 1. The molecule has 2 rings (SSSR count). The smallest absolute Gasteiger partial charge is 0.151 e. The van der Waals surface area contributed by atoms with Gasteiger partial charge in [-0.1, -0.05) is 11.6 Å². The zero-order valence-electron chi connectivity index (χ0n) is 7.12. The minimum absolute atomic E-state index is 0.0581. The maximum absolute atomic E-state index is 10.6. The number of carbonyl (C=O) groups excluding carboxylic acids is 1. The Morgan fingerprint density at radius 3 is 3.15 bits per heavy atom. The van der Waals surface area contributed by atoms with Crippen molar-refractivity contribution < 1.29 is 4.79 Å². The van der Waals surface area contributed by atoms with Crippen molar-refractivity contribution >= 4 is 17.9 Å². The molecule has 0 fully saturated rings. The molecule has 0 aromatic heterocycles. The van der Waals surface area contributed by atoms with Gasteiger partial charge in [-0.15, -0.1) is 0 Å². The molecule has 4 heteroatoms. The molecule has 1 N–H and O–H groups in total. The van der Waals surface area contributed by atoms with Crippen molar-refractivity contribution in [3.63, 3.8) is 0 Å². The summed E-state index contributed by atoms with van der Waals surface area (Å²) in [7, 11) is 1.91. The lowest BCUT2D eigenvalue weighted by Crippen LogP contribution is -2.38. The summed E-state index contributed by atoms with van der Waals surface area (Å²) in [6.45, 7) is 0. The number of nitrogens with one attached hydrogen (secondary N) is 1. The summed E-state index contributed by atoms with van der Waals surface area (Å²) in [6, 6.07) is 0. The molecule has 0 aromatic carbocycles. The summed E-state index contributed by atoms with van der Waals surface area (Å²) >= 11 is 5.87. The minimum atomic E-state index is 0.0581. The average Bonchev–Trinajstić information content (AvgIpc) is 2.47. The number of fused-ring (bicyclic) bond motifs is 1. The van der Waals surface area contributed by atoms with Crippen LogP contribution in [0.2, 0.25) is 0 Å². The highest BCUT2D eigenvalue weighted by Gasteiger charge is 2.27.